The van der Waals surface area contributed by atoms with Gasteiger partial charge in [0.15, 0.2) is 0 Å². The second-order valence-electron chi connectivity index (χ2n) is 9.09. The topological polar surface area (TPSA) is 112 Å². The Hall–Kier alpha value is -3.42. The lowest BCUT2D eigenvalue weighted by atomic mass is 9.95. The highest BCUT2D eigenvalue weighted by Gasteiger charge is 2.30. The van der Waals surface area contributed by atoms with Crippen molar-refractivity contribution in [2.75, 3.05) is 25.0 Å². The molecule has 3 N–H and O–H groups in total. The molecule has 180 valence electrons. The maximum atomic E-state index is 13.0. The molecule has 1 saturated heterocycles. The summed E-state index contributed by atoms with van der Waals surface area (Å²) in [5.41, 5.74) is 2.88. The average molecular weight is 465 g/mol. The number of anilines is 1. The van der Waals surface area contributed by atoms with Gasteiger partial charge in [0, 0.05) is 31.7 Å². The van der Waals surface area contributed by atoms with Crippen molar-refractivity contribution in [1.29, 1.82) is 0 Å². The molecular formula is C26H32N4O4. The zero-order valence-electron chi connectivity index (χ0n) is 19.3. The van der Waals surface area contributed by atoms with Gasteiger partial charge in [0.25, 0.3) is 0 Å². The van der Waals surface area contributed by atoms with Crippen LogP contribution in [0.1, 0.15) is 55.0 Å². The quantitative estimate of drug-likeness (QED) is 0.554. The first-order valence-electron chi connectivity index (χ1n) is 12.1. The molecule has 0 radical (unpaired) electrons. The number of aryl methyl sites for hydroxylation is 2. The third kappa shape index (κ3) is 6.12. The summed E-state index contributed by atoms with van der Waals surface area (Å²) in [6, 6.07) is 12.6. The predicted molar refractivity (Wildman–Crippen MR) is 128 cm³/mol. The van der Waals surface area contributed by atoms with Crippen molar-refractivity contribution in [1.82, 2.24) is 15.2 Å². The number of piperidine rings is 1. The fourth-order valence-corrected chi connectivity index (χ4v) is 4.72. The number of carboxylic acids is 1. The molecule has 8 nitrogen and oxygen atoms in total. The lowest BCUT2D eigenvalue weighted by molar-refractivity contribution is -0.138. The molecular weight excluding hydrogens is 432 g/mol. The number of amides is 2. The highest BCUT2D eigenvalue weighted by atomic mass is 16.4. The van der Waals surface area contributed by atoms with E-state index in [1.165, 1.54) is 5.56 Å². The number of fused-ring (bicyclic) bond motifs is 1. The molecule has 34 heavy (non-hydrogen) atoms. The minimum atomic E-state index is -0.972. The molecule has 1 aromatic carbocycles. The molecule has 2 aromatic rings. The summed E-state index contributed by atoms with van der Waals surface area (Å²) in [4.78, 5) is 43.6. The van der Waals surface area contributed by atoms with E-state index in [0.29, 0.717) is 32.4 Å². The Morgan fingerprint density at radius 3 is 2.76 bits per heavy atom. The fourth-order valence-electron chi connectivity index (χ4n) is 4.72. The van der Waals surface area contributed by atoms with Crippen LogP contribution in [0.3, 0.4) is 0 Å². The molecule has 1 aromatic heterocycles. The largest absolute Gasteiger partial charge is 0.481 e. The number of hydrogen-bond donors (Lipinski definition) is 3. The highest BCUT2D eigenvalue weighted by molar-refractivity contribution is 5.82. The SMILES string of the molecule is O=C(O)CC(NC(=O)[C@@H]1CCCN(C(=O)CCc2ccc3c(n2)NCCC3)C1)c1ccccc1. The van der Waals surface area contributed by atoms with Crippen LogP contribution >= 0.6 is 0 Å². The van der Waals surface area contributed by atoms with Crippen molar-refractivity contribution in [3.63, 3.8) is 0 Å². The number of hydrogen-bond acceptors (Lipinski definition) is 5. The first-order chi connectivity index (χ1) is 16.5. The van der Waals surface area contributed by atoms with Gasteiger partial charge in [-0.1, -0.05) is 36.4 Å². The lowest BCUT2D eigenvalue weighted by Gasteiger charge is -2.33. The summed E-state index contributed by atoms with van der Waals surface area (Å²) in [6.07, 6.45) is 4.30. The molecule has 0 bridgehead atoms. The smallest absolute Gasteiger partial charge is 0.305 e. The van der Waals surface area contributed by atoms with Crippen LogP contribution in [-0.2, 0) is 27.2 Å². The molecule has 8 heteroatoms. The van der Waals surface area contributed by atoms with Crippen molar-refractivity contribution >= 4 is 23.6 Å². The maximum absolute atomic E-state index is 13.0. The minimum absolute atomic E-state index is 0.0233. The Kier molecular flexibility index (Phi) is 7.77. The number of carbonyl (C=O) groups excluding carboxylic acids is 2. The average Bonchev–Trinajstić information content (AvgIpc) is 2.87. The van der Waals surface area contributed by atoms with E-state index in [-0.39, 0.29) is 24.2 Å². The molecule has 1 unspecified atom stereocenters. The van der Waals surface area contributed by atoms with Crippen LogP contribution in [0, 0.1) is 5.92 Å². The number of carbonyl (C=O) groups is 3. The number of carboxylic acid groups (broad SMARTS) is 1. The minimum Gasteiger partial charge on any atom is -0.481 e. The second-order valence-corrected chi connectivity index (χ2v) is 9.09. The van der Waals surface area contributed by atoms with Crippen molar-refractivity contribution < 1.29 is 19.5 Å². The van der Waals surface area contributed by atoms with Crippen LogP contribution in [0.4, 0.5) is 5.82 Å². The monoisotopic (exact) mass is 464 g/mol. The molecule has 3 heterocycles. The first-order valence-corrected chi connectivity index (χ1v) is 12.1. The summed E-state index contributed by atoms with van der Waals surface area (Å²) in [5, 5.41) is 15.5. The summed E-state index contributed by atoms with van der Waals surface area (Å²) < 4.78 is 0. The van der Waals surface area contributed by atoms with Crippen LogP contribution in [0.2, 0.25) is 0 Å². The van der Waals surface area contributed by atoms with Crippen molar-refractivity contribution in [3.05, 3.63) is 59.3 Å². The number of aliphatic carboxylic acids is 1. The van der Waals surface area contributed by atoms with Crippen molar-refractivity contribution in [2.45, 2.75) is 51.0 Å². The van der Waals surface area contributed by atoms with E-state index in [2.05, 4.69) is 21.7 Å². The van der Waals surface area contributed by atoms with Gasteiger partial charge in [0.1, 0.15) is 5.82 Å². The van der Waals surface area contributed by atoms with Crippen LogP contribution < -0.4 is 10.6 Å². The molecule has 0 aliphatic carbocycles. The summed E-state index contributed by atoms with van der Waals surface area (Å²) >= 11 is 0. The van der Waals surface area contributed by atoms with E-state index in [0.717, 1.165) is 42.9 Å². The lowest BCUT2D eigenvalue weighted by Crippen LogP contribution is -2.46. The van der Waals surface area contributed by atoms with E-state index in [9.17, 15) is 19.5 Å². The summed E-state index contributed by atoms with van der Waals surface area (Å²) in [5.74, 6) is -0.560. The number of nitrogens with zero attached hydrogens (tertiary/aromatic N) is 2. The van der Waals surface area contributed by atoms with E-state index >= 15 is 0 Å². The number of aromatic nitrogens is 1. The van der Waals surface area contributed by atoms with E-state index in [1.807, 2.05) is 36.4 Å². The summed E-state index contributed by atoms with van der Waals surface area (Å²) in [7, 11) is 0. The molecule has 2 atom stereocenters. The van der Waals surface area contributed by atoms with Gasteiger partial charge in [0.2, 0.25) is 11.8 Å². The van der Waals surface area contributed by atoms with Gasteiger partial charge < -0.3 is 20.6 Å². The zero-order valence-corrected chi connectivity index (χ0v) is 19.3. The van der Waals surface area contributed by atoms with Gasteiger partial charge >= 0.3 is 5.97 Å². The van der Waals surface area contributed by atoms with Gasteiger partial charge in [0.05, 0.1) is 18.4 Å². The normalized spacial score (nSPS) is 18.4. The highest BCUT2D eigenvalue weighted by Crippen LogP contribution is 2.23. The summed E-state index contributed by atoms with van der Waals surface area (Å²) in [6.45, 7) is 1.93. The number of nitrogens with one attached hydrogen (secondary N) is 2. The standard InChI is InChI=1S/C26H32N4O4/c31-23(13-12-21-11-10-19-8-4-14-27-25(19)28-21)30-15-5-9-20(17-30)26(34)29-22(16-24(32)33)18-6-2-1-3-7-18/h1-3,6-7,10-11,20,22H,4-5,8-9,12-17H2,(H,27,28)(H,29,34)(H,32,33)/t20-,22?/m1/s1. The molecule has 1 fully saturated rings. The third-order valence-electron chi connectivity index (χ3n) is 6.59. The second kappa shape index (κ2) is 11.1. The van der Waals surface area contributed by atoms with Crippen LogP contribution in [-0.4, -0.2) is 52.4 Å². The Morgan fingerprint density at radius 1 is 1.15 bits per heavy atom. The maximum Gasteiger partial charge on any atom is 0.305 e. The first kappa shape index (κ1) is 23.7. The van der Waals surface area contributed by atoms with Gasteiger partial charge in [-0.3, -0.25) is 14.4 Å². The predicted octanol–water partition coefficient (Wildman–Crippen LogP) is 2.94. The van der Waals surface area contributed by atoms with Gasteiger partial charge in [-0.15, -0.1) is 0 Å². The van der Waals surface area contributed by atoms with Crippen LogP contribution in [0.25, 0.3) is 0 Å². The van der Waals surface area contributed by atoms with E-state index in [4.69, 9.17) is 0 Å². The fraction of sp³-hybridized carbons (Fsp3) is 0.462. The molecule has 2 aliphatic heterocycles. The van der Waals surface area contributed by atoms with Gasteiger partial charge in [-0.2, -0.15) is 0 Å². The molecule has 0 spiro atoms. The van der Waals surface area contributed by atoms with E-state index in [1.54, 1.807) is 4.90 Å². The Bertz CT molecular complexity index is 1030. The number of likely N-dealkylation sites (tertiary alicyclic amines) is 1. The zero-order chi connectivity index (χ0) is 23.9. The molecule has 2 aliphatic rings. The molecule has 0 saturated carbocycles. The van der Waals surface area contributed by atoms with Gasteiger partial charge in [-0.05, 0) is 49.3 Å². The van der Waals surface area contributed by atoms with Crippen LogP contribution in [0.15, 0.2) is 42.5 Å². The number of pyridine rings is 1. The Balaban J connectivity index is 1.32. The van der Waals surface area contributed by atoms with E-state index < -0.39 is 12.0 Å². The van der Waals surface area contributed by atoms with Gasteiger partial charge in [-0.25, -0.2) is 4.98 Å². The Morgan fingerprint density at radius 2 is 1.97 bits per heavy atom. The molecule has 2 amide bonds. The van der Waals surface area contributed by atoms with Crippen LogP contribution in [0.5, 0.6) is 0 Å². The van der Waals surface area contributed by atoms with Crippen molar-refractivity contribution in [2.24, 2.45) is 5.92 Å². The van der Waals surface area contributed by atoms with Crippen molar-refractivity contribution in [3.8, 4) is 0 Å². The number of benzene rings is 1. The molecule has 4 rings (SSSR count). The number of rotatable bonds is 8. The Labute approximate surface area is 199 Å². The third-order valence-corrected chi connectivity index (χ3v) is 6.59.